The number of rotatable bonds is 2. The standard InChI is InChI=1S/C18H12BrIN2O4/c1-9-6-11(3-4-13(9)19)22-17(25)12(16(24)21-18(22)26)7-10-2-5-15(23)14(20)8-10/h2-8,23H,1H3,(H,21,24,26)/b12-7+. The van der Waals surface area contributed by atoms with Crippen LogP contribution in [0.15, 0.2) is 46.4 Å². The zero-order valence-electron chi connectivity index (χ0n) is 13.4. The van der Waals surface area contributed by atoms with Gasteiger partial charge in [0.2, 0.25) is 0 Å². The molecule has 2 aromatic rings. The third kappa shape index (κ3) is 3.51. The molecule has 0 bridgehead atoms. The summed E-state index contributed by atoms with van der Waals surface area (Å²) in [5.41, 5.74) is 1.61. The molecule has 1 aliphatic rings. The van der Waals surface area contributed by atoms with Gasteiger partial charge in [0, 0.05) is 4.47 Å². The van der Waals surface area contributed by atoms with Crippen LogP contribution in [0.3, 0.4) is 0 Å². The van der Waals surface area contributed by atoms with Gasteiger partial charge in [0.1, 0.15) is 11.3 Å². The third-order valence-corrected chi connectivity index (χ3v) is 5.54. The van der Waals surface area contributed by atoms with E-state index in [0.29, 0.717) is 14.8 Å². The Balaban J connectivity index is 2.03. The van der Waals surface area contributed by atoms with Crippen molar-refractivity contribution in [1.82, 2.24) is 5.32 Å². The highest BCUT2D eigenvalue weighted by molar-refractivity contribution is 14.1. The van der Waals surface area contributed by atoms with Crippen molar-refractivity contribution in [2.45, 2.75) is 6.92 Å². The van der Waals surface area contributed by atoms with Crippen molar-refractivity contribution < 1.29 is 19.5 Å². The van der Waals surface area contributed by atoms with Crippen LogP contribution in [0, 0.1) is 10.5 Å². The molecule has 132 valence electrons. The predicted molar refractivity (Wildman–Crippen MR) is 109 cm³/mol. The molecule has 0 saturated carbocycles. The maximum absolute atomic E-state index is 12.8. The number of carbonyl (C=O) groups excluding carboxylic acids is 3. The average Bonchev–Trinajstić information content (AvgIpc) is 2.57. The zero-order chi connectivity index (χ0) is 19.0. The number of anilines is 1. The number of aryl methyl sites for hydroxylation is 1. The summed E-state index contributed by atoms with van der Waals surface area (Å²) in [5, 5.41) is 11.8. The molecule has 26 heavy (non-hydrogen) atoms. The minimum Gasteiger partial charge on any atom is -0.507 e. The number of amides is 4. The lowest BCUT2D eigenvalue weighted by Gasteiger charge is -2.26. The Morgan fingerprint density at radius 2 is 1.88 bits per heavy atom. The first-order valence-corrected chi connectivity index (χ1v) is 9.31. The number of imide groups is 2. The normalized spacial score (nSPS) is 16.2. The van der Waals surface area contributed by atoms with Gasteiger partial charge < -0.3 is 5.11 Å². The summed E-state index contributed by atoms with van der Waals surface area (Å²) in [6, 6.07) is 8.92. The van der Waals surface area contributed by atoms with Crippen LogP contribution in [0.2, 0.25) is 0 Å². The molecule has 0 aliphatic carbocycles. The topological polar surface area (TPSA) is 86.7 Å². The smallest absolute Gasteiger partial charge is 0.335 e. The third-order valence-electron chi connectivity index (χ3n) is 3.78. The Hall–Kier alpha value is -2.20. The fraction of sp³-hybridized carbons (Fsp3) is 0.0556. The van der Waals surface area contributed by atoms with E-state index in [9.17, 15) is 19.5 Å². The Morgan fingerprint density at radius 1 is 1.15 bits per heavy atom. The van der Waals surface area contributed by atoms with E-state index < -0.39 is 17.8 Å². The van der Waals surface area contributed by atoms with Crippen molar-refractivity contribution in [2.24, 2.45) is 0 Å². The summed E-state index contributed by atoms with van der Waals surface area (Å²) in [6.07, 6.45) is 1.39. The Morgan fingerprint density at radius 3 is 2.54 bits per heavy atom. The highest BCUT2D eigenvalue weighted by atomic mass is 127. The van der Waals surface area contributed by atoms with Crippen molar-refractivity contribution >= 4 is 68.1 Å². The maximum atomic E-state index is 12.8. The second kappa shape index (κ2) is 7.20. The van der Waals surface area contributed by atoms with E-state index in [1.165, 1.54) is 12.1 Å². The van der Waals surface area contributed by atoms with Crippen molar-refractivity contribution in [2.75, 3.05) is 4.90 Å². The molecule has 2 aromatic carbocycles. The van der Waals surface area contributed by atoms with Gasteiger partial charge in [0.05, 0.1) is 9.26 Å². The fourth-order valence-corrected chi connectivity index (χ4v) is 3.23. The predicted octanol–water partition coefficient (Wildman–Crippen LogP) is 3.73. The SMILES string of the molecule is Cc1cc(N2C(=O)NC(=O)/C(=C\c3ccc(O)c(I)c3)C2=O)ccc1Br. The Labute approximate surface area is 171 Å². The number of nitrogens with zero attached hydrogens (tertiary/aromatic N) is 1. The zero-order valence-corrected chi connectivity index (χ0v) is 17.2. The van der Waals surface area contributed by atoms with Crippen molar-refractivity contribution in [3.63, 3.8) is 0 Å². The summed E-state index contributed by atoms with van der Waals surface area (Å²) in [7, 11) is 0. The van der Waals surface area contributed by atoms with Crippen molar-refractivity contribution in [3.05, 3.63) is 61.1 Å². The van der Waals surface area contributed by atoms with Crippen LogP contribution >= 0.6 is 38.5 Å². The Bertz CT molecular complexity index is 987. The lowest BCUT2D eigenvalue weighted by molar-refractivity contribution is -0.122. The van der Waals surface area contributed by atoms with Crippen LogP contribution in [0.4, 0.5) is 10.5 Å². The Kier molecular flexibility index (Phi) is 5.15. The molecule has 0 spiro atoms. The van der Waals surface area contributed by atoms with E-state index in [0.717, 1.165) is 14.9 Å². The van der Waals surface area contributed by atoms with Crippen molar-refractivity contribution in [3.8, 4) is 5.75 Å². The number of hydrogen-bond donors (Lipinski definition) is 2. The summed E-state index contributed by atoms with van der Waals surface area (Å²) in [5.74, 6) is -1.36. The number of benzene rings is 2. The molecule has 0 atom stereocenters. The van der Waals surface area contributed by atoms with Gasteiger partial charge in [0.25, 0.3) is 11.8 Å². The molecule has 1 heterocycles. The monoisotopic (exact) mass is 526 g/mol. The van der Waals surface area contributed by atoms with Gasteiger partial charge in [-0.05, 0) is 77.0 Å². The van der Waals surface area contributed by atoms with E-state index in [1.807, 2.05) is 29.5 Å². The molecule has 6 nitrogen and oxygen atoms in total. The minimum absolute atomic E-state index is 0.106. The summed E-state index contributed by atoms with van der Waals surface area (Å²) in [4.78, 5) is 38.1. The molecule has 1 saturated heterocycles. The van der Waals surface area contributed by atoms with E-state index >= 15 is 0 Å². The number of hydrogen-bond acceptors (Lipinski definition) is 4. The lowest BCUT2D eigenvalue weighted by atomic mass is 10.1. The number of nitrogens with one attached hydrogen (secondary N) is 1. The van der Waals surface area contributed by atoms with Gasteiger partial charge in [0.15, 0.2) is 0 Å². The fourth-order valence-electron chi connectivity index (χ4n) is 2.44. The molecular weight excluding hydrogens is 515 g/mol. The van der Waals surface area contributed by atoms with E-state index in [-0.39, 0.29) is 11.3 Å². The van der Waals surface area contributed by atoms with Gasteiger partial charge in [-0.25, -0.2) is 9.69 Å². The number of carbonyl (C=O) groups is 3. The van der Waals surface area contributed by atoms with E-state index in [1.54, 1.807) is 30.3 Å². The molecular formula is C18H12BrIN2O4. The van der Waals surface area contributed by atoms with Gasteiger partial charge in [-0.15, -0.1) is 0 Å². The minimum atomic E-state index is -0.792. The van der Waals surface area contributed by atoms with Crippen LogP contribution in [0.5, 0.6) is 5.75 Å². The van der Waals surface area contributed by atoms with Crippen LogP contribution < -0.4 is 10.2 Å². The number of urea groups is 1. The molecule has 3 rings (SSSR count). The van der Waals surface area contributed by atoms with Crippen molar-refractivity contribution in [1.29, 1.82) is 0 Å². The van der Waals surface area contributed by atoms with Gasteiger partial charge in [-0.2, -0.15) is 0 Å². The number of aromatic hydroxyl groups is 1. The summed E-state index contributed by atoms with van der Waals surface area (Å²) >= 11 is 5.32. The molecule has 1 aliphatic heterocycles. The first kappa shape index (κ1) is 18.6. The molecule has 1 fully saturated rings. The number of barbiturate groups is 1. The van der Waals surface area contributed by atoms with Crippen LogP contribution in [0.25, 0.3) is 6.08 Å². The molecule has 0 aromatic heterocycles. The van der Waals surface area contributed by atoms with Gasteiger partial charge in [-0.3, -0.25) is 14.9 Å². The maximum Gasteiger partial charge on any atom is 0.335 e. The lowest BCUT2D eigenvalue weighted by Crippen LogP contribution is -2.54. The molecule has 2 N–H and O–H groups in total. The number of phenolic OH excluding ortho intramolecular Hbond substituents is 1. The van der Waals surface area contributed by atoms with E-state index in [4.69, 9.17) is 0 Å². The van der Waals surface area contributed by atoms with Gasteiger partial charge >= 0.3 is 6.03 Å². The first-order chi connectivity index (χ1) is 12.3. The molecule has 4 amide bonds. The highest BCUT2D eigenvalue weighted by Crippen LogP contribution is 2.27. The summed E-state index contributed by atoms with van der Waals surface area (Å²) in [6.45, 7) is 1.83. The first-order valence-electron chi connectivity index (χ1n) is 7.44. The van der Waals surface area contributed by atoms with Crippen LogP contribution in [-0.2, 0) is 9.59 Å². The highest BCUT2D eigenvalue weighted by Gasteiger charge is 2.36. The van der Waals surface area contributed by atoms with Gasteiger partial charge in [-0.1, -0.05) is 22.0 Å². The largest absolute Gasteiger partial charge is 0.507 e. The van der Waals surface area contributed by atoms with E-state index in [2.05, 4.69) is 21.2 Å². The molecule has 0 radical (unpaired) electrons. The van der Waals surface area contributed by atoms with Crippen LogP contribution in [0.1, 0.15) is 11.1 Å². The molecule has 8 heteroatoms. The molecule has 0 unspecified atom stereocenters. The van der Waals surface area contributed by atoms with Crippen LogP contribution in [-0.4, -0.2) is 23.0 Å². The summed E-state index contributed by atoms with van der Waals surface area (Å²) < 4.78 is 1.42. The average molecular weight is 527 g/mol. The number of halogens is 2. The quantitative estimate of drug-likeness (QED) is 0.354. The number of phenols is 1. The second-order valence-electron chi connectivity index (χ2n) is 5.60. The second-order valence-corrected chi connectivity index (χ2v) is 7.62.